The van der Waals surface area contributed by atoms with Gasteiger partial charge in [-0.1, -0.05) is 19.8 Å². The maximum absolute atomic E-state index is 12.4. The molecule has 2 atom stereocenters. The summed E-state index contributed by atoms with van der Waals surface area (Å²) in [5.41, 5.74) is 5.93. The van der Waals surface area contributed by atoms with E-state index < -0.39 is 15.9 Å². The van der Waals surface area contributed by atoms with Crippen molar-refractivity contribution in [2.75, 3.05) is 31.8 Å². The van der Waals surface area contributed by atoms with E-state index in [1.54, 1.807) is 12.0 Å². The van der Waals surface area contributed by atoms with Gasteiger partial charge in [0.15, 0.2) is 9.84 Å². The molecule has 1 aliphatic heterocycles. The van der Waals surface area contributed by atoms with Gasteiger partial charge in [0.05, 0.1) is 24.2 Å². The van der Waals surface area contributed by atoms with E-state index in [4.69, 9.17) is 10.5 Å². The molecule has 118 valence electrons. The first-order valence-electron chi connectivity index (χ1n) is 7.16. The van der Waals surface area contributed by atoms with Crippen LogP contribution >= 0.6 is 0 Å². The molecule has 1 heterocycles. The Morgan fingerprint density at radius 3 is 2.70 bits per heavy atom. The lowest BCUT2D eigenvalue weighted by atomic mass is 10.1. The van der Waals surface area contributed by atoms with Crippen LogP contribution in [0.25, 0.3) is 0 Å². The molecule has 0 aromatic heterocycles. The first-order chi connectivity index (χ1) is 9.41. The molecule has 7 heteroatoms. The van der Waals surface area contributed by atoms with Crippen LogP contribution in [0.5, 0.6) is 0 Å². The third-order valence-corrected chi connectivity index (χ3v) is 5.40. The smallest absolute Gasteiger partial charge is 0.239 e. The van der Waals surface area contributed by atoms with E-state index in [-0.39, 0.29) is 23.5 Å². The Hall–Kier alpha value is -0.660. The van der Waals surface area contributed by atoms with Gasteiger partial charge in [0.2, 0.25) is 5.91 Å². The summed E-state index contributed by atoms with van der Waals surface area (Å²) in [6.45, 7) is 2.83. The summed E-state index contributed by atoms with van der Waals surface area (Å²) >= 11 is 0. The van der Waals surface area contributed by atoms with Crippen molar-refractivity contribution in [1.29, 1.82) is 0 Å². The number of hydrogen-bond acceptors (Lipinski definition) is 5. The van der Waals surface area contributed by atoms with Gasteiger partial charge < -0.3 is 15.4 Å². The number of amides is 1. The van der Waals surface area contributed by atoms with Gasteiger partial charge in [0, 0.05) is 19.7 Å². The SMILES string of the molecule is CCCCC(N)C(=O)N(CCOC)C1CCS(=O)(=O)C1. The van der Waals surface area contributed by atoms with Crippen molar-refractivity contribution in [2.45, 2.75) is 44.7 Å². The van der Waals surface area contributed by atoms with Crippen molar-refractivity contribution < 1.29 is 17.9 Å². The molecule has 1 fully saturated rings. The maximum Gasteiger partial charge on any atom is 0.239 e. The van der Waals surface area contributed by atoms with Gasteiger partial charge in [0.1, 0.15) is 0 Å². The van der Waals surface area contributed by atoms with E-state index in [0.717, 1.165) is 12.8 Å². The highest BCUT2D eigenvalue weighted by Crippen LogP contribution is 2.19. The summed E-state index contributed by atoms with van der Waals surface area (Å²) in [6, 6.07) is -0.801. The van der Waals surface area contributed by atoms with E-state index in [1.165, 1.54) is 0 Å². The Bertz CT molecular complexity index is 411. The maximum atomic E-state index is 12.4. The van der Waals surface area contributed by atoms with Gasteiger partial charge in [-0.15, -0.1) is 0 Å². The molecule has 20 heavy (non-hydrogen) atoms. The average Bonchev–Trinajstić information content (AvgIpc) is 2.76. The molecule has 0 aromatic carbocycles. The molecule has 0 bridgehead atoms. The molecule has 0 radical (unpaired) electrons. The fraction of sp³-hybridized carbons (Fsp3) is 0.923. The number of rotatable bonds is 8. The van der Waals surface area contributed by atoms with Gasteiger partial charge in [0.25, 0.3) is 0 Å². The second kappa shape index (κ2) is 7.95. The number of hydrogen-bond donors (Lipinski definition) is 1. The first kappa shape index (κ1) is 17.4. The Balaban J connectivity index is 2.70. The van der Waals surface area contributed by atoms with E-state index in [2.05, 4.69) is 0 Å². The number of sulfone groups is 1. The fourth-order valence-corrected chi connectivity index (χ4v) is 4.17. The minimum atomic E-state index is -3.02. The minimum absolute atomic E-state index is 0.0446. The van der Waals surface area contributed by atoms with Crippen LogP contribution in [0.15, 0.2) is 0 Å². The largest absolute Gasteiger partial charge is 0.383 e. The molecular weight excluding hydrogens is 280 g/mol. The summed E-state index contributed by atoms with van der Waals surface area (Å²) in [5.74, 6) is 0.0410. The molecular formula is C13H26N2O4S. The first-order valence-corrected chi connectivity index (χ1v) is 8.98. The molecule has 0 aliphatic carbocycles. The Morgan fingerprint density at radius 1 is 1.50 bits per heavy atom. The lowest BCUT2D eigenvalue weighted by molar-refractivity contribution is -0.135. The van der Waals surface area contributed by atoms with Crippen molar-refractivity contribution in [3.05, 3.63) is 0 Å². The van der Waals surface area contributed by atoms with E-state index in [0.29, 0.717) is 26.0 Å². The minimum Gasteiger partial charge on any atom is -0.383 e. The van der Waals surface area contributed by atoms with Crippen molar-refractivity contribution in [3.63, 3.8) is 0 Å². The third-order valence-electron chi connectivity index (χ3n) is 3.65. The quantitative estimate of drug-likeness (QED) is 0.690. The van der Waals surface area contributed by atoms with Gasteiger partial charge in [-0.25, -0.2) is 8.42 Å². The summed E-state index contributed by atoms with van der Waals surface area (Å²) in [7, 11) is -1.46. The molecule has 0 spiro atoms. The zero-order valence-corrected chi connectivity index (χ0v) is 13.2. The van der Waals surface area contributed by atoms with Crippen molar-refractivity contribution >= 4 is 15.7 Å². The predicted octanol–water partition coefficient (Wildman–Crippen LogP) is 0.166. The number of ether oxygens (including phenoxy) is 1. The summed E-state index contributed by atoms with van der Waals surface area (Å²) in [4.78, 5) is 14.0. The lowest BCUT2D eigenvalue weighted by Crippen LogP contribution is -2.50. The third kappa shape index (κ3) is 5.03. The second-order valence-electron chi connectivity index (χ2n) is 5.33. The van der Waals surface area contributed by atoms with Crippen LogP contribution in [0.4, 0.5) is 0 Å². The topological polar surface area (TPSA) is 89.7 Å². The second-order valence-corrected chi connectivity index (χ2v) is 7.56. The van der Waals surface area contributed by atoms with Crippen LogP contribution in [0.2, 0.25) is 0 Å². The molecule has 0 saturated carbocycles. The molecule has 1 saturated heterocycles. The monoisotopic (exact) mass is 306 g/mol. The highest BCUT2D eigenvalue weighted by atomic mass is 32.2. The van der Waals surface area contributed by atoms with Crippen LogP contribution in [-0.2, 0) is 19.4 Å². The standard InChI is InChI=1S/C13H26N2O4S/c1-3-4-5-12(14)13(16)15(7-8-19-2)11-6-9-20(17,18)10-11/h11-12H,3-10,14H2,1-2H3. The molecule has 1 aliphatic rings. The van der Waals surface area contributed by atoms with Gasteiger partial charge in [-0.2, -0.15) is 0 Å². The molecule has 0 aromatic rings. The highest BCUT2D eigenvalue weighted by Gasteiger charge is 2.35. The summed E-state index contributed by atoms with van der Waals surface area (Å²) < 4.78 is 28.2. The van der Waals surface area contributed by atoms with Crippen LogP contribution in [0.1, 0.15) is 32.6 Å². The number of unbranched alkanes of at least 4 members (excludes halogenated alkanes) is 1. The Labute approximate surface area is 121 Å². The van der Waals surface area contributed by atoms with Gasteiger partial charge in [-0.3, -0.25) is 4.79 Å². The highest BCUT2D eigenvalue weighted by molar-refractivity contribution is 7.91. The molecule has 6 nitrogen and oxygen atoms in total. The average molecular weight is 306 g/mol. The van der Waals surface area contributed by atoms with Crippen LogP contribution in [-0.4, -0.2) is 63.1 Å². The van der Waals surface area contributed by atoms with Crippen molar-refractivity contribution in [2.24, 2.45) is 5.73 Å². The fourth-order valence-electron chi connectivity index (χ4n) is 2.44. The number of nitrogens with two attached hydrogens (primary N) is 1. The van der Waals surface area contributed by atoms with Crippen LogP contribution < -0.4 is 5.73 Å². The van der Waals surface area contributed by atoms with Gasteiger partial charge in [-0.05, 0) is 12.8 Å². The number of carbonyl (C=O) groups is 1. The molecule has 1 amide bonds. The normalized spacial score (nSPS) is 22.6. The number of carbonyl (C=O) groups excluding carboxylic acids is 1. The zero-order valence-electron chi connectivity index (χ0n) is 12.4. The van der Waals surface area contributed by atoms with E-state index >= 15 is 0 Å². The van der Waals surface area contributed by atoms with Crippen LogP contribution in [0, 0.1) is 0 Å². The van der Waals surface area contributed by atoms with Gasteiger partial charge >= 0.3 is 0 Å². The van der Waals surface area contributed by atoms with Crippen molar-refractivity contribution in [3.8, 4) is 0 Å². The number of nitrogens with zero attached hydrogens (tertiary/aromatic N) is 1. The van der Waals surface area contributed by atoms with E-state index in [9.17, 15) is 13.2 Å². The number of methoxy groups -OCH3 is 1. The lowest BCUT2D eigenvalue weighted by Gasteiger charge is -2.30. The summed E-state index contributed by atoms with van der Waals surface area (Å²) in [5, 5.41) is 0. The summed E-state index contributed by atoms with van der Waals surface area (Å²) in [6.07, 6.45) is 3.02. The van der Waals surface area contributed by atoms with Crippen LogP contribution in [0.3, 0.4) is 0 Å². The van der Waals surface area contributed by atoms with E-state index in [1.807, 2.05) is 6.92 Å². The zero-order chi connectivity index (χ0) is 15.2. The Morgan fingerprint density at radius 2 is 2.20 bits per heavy atom. The molecule has 1 rings (SSSR count). The molecule has 2 unspecified atom stereocenters. The predicted molar refractivity (Wildman–Crippen MR) is 78.1 cm³/mol. The molecule has 2 N–H and O–H groups in total. The van der Waals surface area contributed by atoms with Crippen molar-refractivity contribution in [1.82, 2.24) is 4.90 Å². The Kier molecular flexibility index (Phi) is 6.91.